The zero-order valence-corrected chi connectivity index (χ0v) is 16.1. The predicted molar refractivity (Wildman–Crippen MR) is 103 cm³/mol. The van der Waals surface area contributed by atoms with Crippen molar-refractivity contribution < 1.29 is 19.1 Å². The third kappa shape index (κ3) is 5.34. The first-order chi connectivity index (χ1) is 13.1. The number of hydrogen-bond acceptors (Lipinski definition) is 4. The Kier molecular flexibility index (Phi) is 6.54. The molecular weight excluding hydrogens is 342 g/mol. The number of ether oxygens (including phenoxy) is 2. The van der Waals surface area contributed by atoms with Gasteiger partial charge in [-0.25, -0.2) is 9.59 Å². The minimum Gasteiger partial charge on any atom is -0.463 e. The summed E-state index contributed by atoms with van der Waals surface area (Å²) in [6.07, 6.45) is 7.57. The highest BCUT2D eigenvalue weighted by molar-refractivity contribution is 5.82. The normalized spacial score (nSPS) is 18.9. The molecule has 3 rings (SSSR count). The quantitative estimate of drug-likeness (QED) is 0.579. The van der Waals surface area contributed by atoms with E-state index in [0.717, 1.165) is 57.2 Å². The van der Waals surface area contributed by atoms with Gasteiger partial charge in [-0.3, -0.25) is 0 Å². The van der Waals surface area contributed by atoms with Crippen LogP contribution in [0.2, 0.25) is 0 Å². The van der Waals surface area contributed by atoms with Gasteiger partial charge in [-0.1, -0.05) is 35.9 Å². The van der Waals surface area contributed by atoms with Crippen molar-refractivity contribution in [3.05, 3.63) is 47.5 Å². The maximum absolute atomic E-state index is 12.3. The lowest BCUT2D eigenvalue weighted by atomic mass is 9.67. The van der Waals surface area contributed by atoms with Crippen LogP contribution < -0.4 is 0 Å². The van der Waals surface area contributed by atoms with Crippen molar-refractivity contribution in [2.75, 3.05) is 19.7 Å². The SMILES string of the molecule is CCOC(=O)C=C1CCC2(CC1)CCN(C(=O)OCc1ccccc1)CC2. The van der Waals surface area contributed by atoms with E-state index in [-0.39, 0.29) is 12.1 Å². The third-order valence-electron chi connectivity index (χ3n) is 5.85. The van der Waals surface area contributed by atoms with Crippen LogP contribution in [-0.4, -0.2) is 36.7 Å². The van der Waals surface area contributed by atoms with Crippen LogP contribution in [0.15, 0.2) is 42.0 Å². The van der Waals surface area contributed by atoms with Gasteiger partial charge < -0.3 is 14.4 Å². The lowest BCUT2D eigenvalue weighted by Gasteiger charge is -2.44. The fraction of sp³-hybridized carbons (Fsp3) is 0.545. The van der Waals surface area contributed by atoms with E-state index in [1.54, 1.807) is 6.08 Å². The highest BCUT2D eigenvalue weighted by atomic mass is 16.6. The van der Waals surface area contributed by atoms with Gasteiger partial charge in [0.1, 0.15) is 6.61 Å². The van der Waals surface area contributed by atoms with Crippen molar-refractivity contribution in [3.8, 4) is 0 Å². The van der Waals surface area contributed by atoms with E-state index in [9.17, 15) is 9.59 Å². The summed E-state index contributed by atoms with van der Waals surface area (Å²) in [5, 5.41) is 0. The maximum Gasteiger partial charge on any atom is 0.410 e. The maximum atomic E-state index is 12.3. The second-order valence-electron chi connectivity index (χ2n) is 7.58. The fourth-order valence-electron chi connectivity index (χ4n) is 4.07. The van der Waals surface area contributed by atoms with E-state index in [1.165, 1.54) is 5.57 Å². The Morgan fingerprint density at radius 1 is 1.04 bits per heavy atom. The van der Waals surface area contributed by atoms with E-state index >= 15 is 0 Å². The monoisotopic (exact) mass is 371 g/mol. The van der Waals surface area contributed by atoms with Gasteiger partial charge in [0.05, 0.1) is 6.61 Å². The van der Waals surface area contributed by atoms with Crippen LogP contribution in [0.25, 0.3) is 0 Å². The summed E-state index contributed by atoms with van der Waals surface area (Å²) >= 11 is 0. The Bertz CT molecular complexity index is 663. The minimum atomic E-state index is -0.223. The van der Waals surface area contributed by atoms with Crippen LogP contribution in [0.3, 0.4) is 0 Å². The van der Waals surface area contributed by atoms with Gasteiger partial charge in [0.2, 0.25) is 0 Å². The molecule has 0 radical (unpaired) electrons. The number of rotatable bonds is 4. The van der Waals surface area contributed by atoms with Gasteiger partial charge in [0, 0.05) is 19.2 Å². The summed E-state index contributed by atoms with van der Waals surface area (Å²) in [6, 6.07) is 9.76. The topological polar surface area (TPSA) is 55.8 Å². The van der Waals surface area contributed by atoms with Gasteiger partial charge in [-0.2, -0.15) is 0 Å². The molecule has 1 spiro atoms. The van der Waals surface area contributed by atoms with Gasteiger partial charge in [0.25, 0.3) is 0 Å². The molecule has 0 atom stereocenters. The third-order valence-corrected chi connectivity index (χ3v) is 5.85. The molecule has 2 aliphatic rings. The molecule has 0 aromatic heterocycles. The molecule has 1 saturated heterocycles. The van der Waals surface area contributed by atoms with Crippen LogP contribution in [0.4, 0.5) is 4.79 Å². The first kappa shape index (κ1) is 19.5. The van der Waals surface area contributed by atoms with Crippen LogP contribution in [-0.2, 0) is 20.9 Å². The molecule has 0 unspecified atom stereocenters. The number of amides is 1. The van der Waals surface area contributed by atoms with Gasteiger partial charge >= 0.3 is 12.1 Å². The number of piperidine rings is 1. The highest BCUT2D eigenvalue weighted by Gasteiger charge is 2.38. The Hall–Kier alpha value is -2.30. The average Bonchev–Trinajstić information content (AvgIpc) is 2.70. The summed E-state index contributed by atoms with van der Waals surface area (Å²) in [5.41, 5.74) is 2.51. The Labute approximate surface area is 161 Å². The molecule has 1 aromatic carbocycles. The molecule has 1 heterocycles. The largest absolute Gasteiger partial charge is 0.463 e. The smallest absolute Gasteiger partial charge is 0.410 e. The molecule has 1 aliphatic heterocycles. The molecule has 0 N–H and O–H groups in total. The van der Waals surface area contributed by atoms with Crippen molar-refractivity contribution >= 4 is 12.1 Å². The highest BCUT2D eigenvalue weighted by Crippen LogP contribution is 2.46. The zero-order chi connectivity index (χ0) is 19.1. The molecule has 1 saturated carbocycles. The number of benzene rings is 1. The van der Waals surface area contributed by atoms with E-state index in [2.05, 4.69) is 0 Å². The predicted octanol–water partition coefficient (Wildman–Crippen LogP) is 4.47. The van der Waals surface area contributed by atoms with Crippen molar-refractivity contribution in [1.82, 2.24) is 4.90 Å². The number of nitrogens with zero attached hydrogens (tertiary/aromatic N) is 1. The average molecular weight is 371 g/mol. The molecule has 5 heteroatoms. The summed E-state index contributed by atoms with van der Waals surface area (Å²) in [6.45, 7) is 4.08. The van der Waals surface area contributed by atoms with Crippen LogP contribution >= 0.6 is 0 Å². The van der Waals surface area contributed by atoms with Crippen LogP contribution in [0.1, 0.15) is 51.0 Å². The number of allylic oxidation sites excluding steroid dienone is 1. The van der Waals surface area contributed by atoms with E-state index in [1.807, 2.05) is 42.2 Å². The Morgan fingerprint density at radius 2 is 1.70 bits per heavy atom. The molecule has 1 aliphatic carbocycles. The van der Waals surface area contributed by atoms with E-state index in [0.29, 0.717) is 18.6 Å². The molecular formula is C22H29NO4. The molecule has 5 nitrogen and oxygen atoms in total. The number of esters is 1. The van der Waals surface area contributed by atoms with Crippen molar-refractivity contribution in [2.45, 2.75) is 52.1 Å². The standard InChI is InChI=1S/C22H29NO4/c1-2-26-20(24)16-18-8-10-22(11-9-18)12-14-23(15-13-22)21(25)27-17-19-6-4-3-5-7-19/h3-7,16H,2,8-15,17H2,1H3. The molecule has 0 bridgehead atoms. The molecule has 2 fully saturated rings. The second-order valence-corrected chi connectivity index (χ2v) is 7.58. The first-order valence-corrected chi connectivity index (χ1v) is 9.92. The van der Waals surface area contributed by atoms with Crippen LogP contribution in [0, 0.1) is 5.41 Å². The second kappa shape index (κ2) is 9.07. The number of likely N-dealkylation sites (tertiary alicyclic amines) is 1. The summed E-state index contributed by atoms with van der Waals surface area (Å²) in [5.74, 6) is -0.223. The number of carbonyl (C=O) groups is 2. The molecule has 1 aromatic rings. The number of carbonyl (C=O) groups excluding carboxylic acids is 2. The summed E-state index contributed by atoms with van der Waals surface area (Å²) in [7, 11) is 0. The lowest BCUT2D eigenvalue weighted by Crippen LogP contribution is -2.44. The van der Waals surface area contributed by atoms with Crippen LogP contribution in [0.5, 0.6) is 0 Å². The van der Waals surface area contributed by atoms with Crippen molar-refractivity contribution in [2.24, 2.45) is 5.41 Å². The lowest BCUT2D eigenvalue weighted by molar-refractivity contribution is -0.137. The summed E-state index contributed by atoms with van der Waals surface area (Å²) in [4.78, 5) is 25.8. The van der Waals surface area contributed by atoms with Crippen molar-refractivity contribution in [3.63, 3.8) is 0 Å². The minimum absolute atomic E-state index is 0.215. The fourth-order valence-corrected chi connectivity index (χ4v) is 4.07. The Morgan fingerprint density at radius 3 is 2.33 bits per heavy atom. The van der Waals surface area contributed by atoms with E-state index in [4.69, 9.17) is 9.47 Å². The van der Waals surface area contributed by atoms with Crippen molar-refractivity contribution in [1.29, 1.82) is 0 Å². The molecule has 146 valence electrons. The number of hydrogen-bond donors (Lipinski definition) is 0. The molecule has 27 heavy (non-hydrogen) atoms. The molecule has 1 amide bonds. The first-order valence-electron chi connectivity index (χ1n) is 9.92. The van der Waals surface area contributed by atoms with Gasteiger partial charge in [-0.15, -0.1) is 0 Å². The van der Waals surface area contributed by atoms with Gasteiger partial charge in [0.15, 0.2) is 0 Å². The summed E-state index contributed by atoms with van der Waals surface area (Å²) < 4.78 is 10.5. The zero-order valence-electron chi connectivity index (χ0n) is 16.1. The van der Waals surface area contributed by atoms with E-state index < -0.39 is 0 Å². The van der Waals surface area contributed by atoms with Gasteiger partial charge in [-0.05, 0) is 56.4 Å². The Balaban J connectivity index is 1.43.